The van der Waals surface area contributed by atoms with Crippen LogP contribution in [-0.2, 0) is 27.1 Å². The van der Waals surface area contributed by atoms with Crippen LogP contribution in [0.4, 0.5) is 0 Å². The molecule has 6 rings (SSSR count). The van der Waals surface area contributed by atoms with Gasteiger partial charge in [-0.05, 0) is 58.9 Å². The average molecular weight is 769 g/mol. The maximum atomic E-state index is 12.7. The summed E-state index contributed by atoms with van der Waals surface area (Å²) in [5.41, 5.74) is 9.20. The Morgan fingerprint density at radius 1 is 0.736 bits per heavy atom. The highest BCUT2D eigenvalue weighted by molar-refractivity contribution is 7.98. The van der Waals surface area contributed by atoms with Gasteiger partial charge >= 0.3 is 0 Å². The van der Waals surface area contributed by atoms with Crippen molar-refractivity contribution in [3.8, 4) is 23.0 Å². The third-order valence-corrected chi connectivity index (χ3v) is 9.71. The second-order valence-corrected chi connectivity index (χ2v) is 13.3. The number of nitrogens with zero attached hydrogens (tertiary/aromatic N) is 4. The minimum atomic E-state index is -1.33. The maximum absolute atomic E-state index is 12.7. The highest BCUT2D eigenvalue weighted by Crippen LogP contribution is 2.30. The number of fused-ring (bicyclic) bond motifs is 2. The Morgan fingerprint density at radius 3 is 1.72 bits per heavy atom. The molecule has 17 heteroatoms. The van der Waals surface area contributed by atoms with E-state index in [1.165, 1.54) is 6.92 Å². The van der Waals surface area contributed by atoms with Crippen molar-refractivity contribution in [3.63, 3.8) is 0 Å². The number of thioether (sulfide) groups is 1. The van der Waals surface area contributed by atoms with Gasteiger partial charge in [-0.2, -0.15) is 0 Å². The molecule has 0 saturated heterocycles. The number of hydrogen-bond donors (Lipinski definition) is 2. The van der Waals surface area contributed by atoms with Gasteiger partial charge in [0, 0.05) is 62.5 Å². The SMILES string of the molecule is CC=O.COc1ccc2nc(S(=O)Cc3ncc(C)c(OC)c3C)[nH]c2c1.COc1ccc2nc(SCc3ncc(C)c(OC)c3C)[nH]c2c1.O.O=O. The predicted octanol–water partition coefficient (Wildman–Crippen LogP) is 6.23. The van der Waals surface area contributed by atoms with Gasteiger partial charge < -0.3 is 39.2 Å². The smallest absolute Gasteiger partial charge is 0.197 e. The second-order valence-electron chi connectivity index (χ2n) is 11.0. The number of aromatic nitrogens is 6. The second kappa shape index (κ2) is 21.2. The van der Waals surface area contributed by atoms with Crippen LogP contribution in [0.3, 0.4) is 0 Å². The van der Waals surface area contributed by atoms with Gasteiger partial charge in [-0.3, -0.25) is 14.2 Å². The first-order valence-electron chi connectivity index (χ1n) is 15.7. The lowest BCUT2D eigenvalue weighted by molar-refractivity contribution is -0.106. The van der Waals surface area contributed by atoms with Gasteiger partial charge in [0.2, 0.25) is 0 Å². The first-order valence-corrected chi connectivity index (χ1v) is 18.0. The highest BCUT2D eigenvalue weighted by Gasteiger charge is 2.16. The standard InChI is InChI=1S/C17H19N3O3S.C17H19N3O2S.C2H4O.O2.H2O/c1-10-8-18-15(11(2)16(10)23-4)9-24(21)17-19-13-6-5-12(22-3)7-14(13)20-17;1-10-8-18-15(11(2)16(10)22-4)9-23-17-19-13-6-5-12(21-3)7-14(13)20-17;1-2-3;1-2;/h5-8H,9H2,1-4H3,(H,19,20);5-8H,9H2,1-4H3,(H,19,20);2H,1H3;;1H2. The summed E-state index contributed by atoms with van der Waals surface area (Å²) in [6.45, 7) is 9.35. The molecule has 1 atom stereocenters. The van der Waals surface area contributed by atoms with Gasteiger partial charge in [0.15, 0.2) is 10.3 Å². The summed E-state index contributed by atoms with van der Waals surface area (Å²) >= 11 is 1.63. The number of aldehydes is 1. The molecule has 4 aromatic heterocycles. The number of nitrogens with one attached hydrogen (secondary N) is 2. The fourth-order valence-electron chi connectivity index (χ4n) is 5.12. The first-order chi connectivity index (χ1) is 25.1. The number of pyridine rings is 2. The zero-order valence-electron chi connectivity index (χ0n) is 31.0. The number of aromatic amines is 2. The monoisotopic (exact) mass is 768 g/mol. The highest BCUT2D eigenvalue weighted by atomic mass is 32.2. The molecule has 53 heavy (non-hydrogen) atoms. The third-order valence-electron chi connectivity index (χ3n) is 7.66. The number of methoxy groups -OCH3 is 4. The molecule has 4 N–H and O–H groups in total. The van der Waals surface area contributed by atoms with Crippen LogP contribution in [0.15, 0.2) is 59.1 Å². The molecule has 0 bridgehead atoms. The molecule has 6 aromatic rings. The number of carbonyl (C=O) groups is 1. The van der Waals surface area contributed by atoms with Crippen molar-refractivity contribution in [1.29, 1.82) is 0 Å². The van der Waals surface area contributed by atoms with Crippen LogP contribution >= 0.6 is 11.8 Å². The van der Waals surface area contributed by atoms with Crippen LogP contribution in [0.1, 0.15) is 40.6 Å². The van der Waals surface area contributed by atoms with E-state index in [0.29, 0.717) is 5.16 Å². The van der Waals surface area contributed by atoms with Crippen LogP contribution in [0.25, 0.3) is 22.1 Å². The number of hydrogen-bond acceptors (Lipinski definition) is 13. The Kier molecular flexibility index (Phi) is 17.5. The number of ether oxygens (including phenoxy) is 4. The summed E-state index contributed by atoms with van der Waals surface area (Å²) in [7, 11) is 5.26. The minimum Gasteiger partial charge on any atom is -0.497 e. The largest absolute Gasteiger partial charge is 0.497 e. The molecule has 284 valence electrons. The quantitative estimate of drug-likeness (QED) is 0.117. The van der Waals surface area contributed by atoms with E-state index < -0.39 is 10.8 Å². The van der Waals surface area contributed by atoms with Crippen molar-refractivity contribution in [2.24, 2.45) is 0 Å². The van der Waals surface area contributed by atoms with E-state index in [1.807, 2.05) is 70.3 Å². The van der Waals surface area contributed by atoms with Gasteiger partial charge in [-0.25, -0.2) is 9.97 Å². The number of aryl methyl sites for hydroxylation is 2. The molecule has 0 saturated carbocycles. The van der Waals surface area contributed by atoms with Crippen molar-refractivity contribution < 1.29 is 33.4 Å². The van der Waals surface area contributed by atoms with E-state index in [4.69, 9.17) is 33.7 Å². The molecule has 0 amide bonds. The molecule has 15 nitrogen and oxygen atoms in total. The summed E-state index contributed by atoms with van der Waals surface area (Å²) in [5.74, 6) is 4.25. The van der Waals surface area contributed by atoms with Crippen molar-refractivity contribution in [3.05, 3.63) is 92.4 Å². The molecule has 1 unspecified atom stereocenters. The molecular weight excluding hydrogens is 725 g/mol. The molecule has 2 aromatic carbocycles. The normalized spacial score (nSPS) is 10.7. The van der Waals surface area contributed by atoms with Gasteiger partial charge in [-0.1, -0.05) is 11.8 Å². The third kappa shape index (κ3) is 11.1. The Balaban J connectivity index is 0.000000322. The lowest BCUT2D eigenvalue weighted by Crippen LogP contribution is -2.05. The number of carbonyl (C=O) groups excluding carboxylic acids is 1. The van der Waals surface area contributed by atoms with E-state index in [-0.39, 0.29) is 11.2 Å². The van der Waals surface area contributed by atoms with E-state index in [0.717, 1.165) is 95.9 Å². The van der Waals surface area contributed by atoms with Crippen molar-refractivity contribution in [1.82, 2.24) is 29.9 Å². The Morgan fingerprint density at radius 2 is 1.21 bits per heavy atom. The van der Waals surface area contributed by atoms with Crippen molar-refractivity contribution in [2.75, 3.05) is 28.4 Å². The molecular formula is C36H44N6O9S2. The zero-order valence-corrected chi connectivity index (χ0v) is 32.6. The number of benzene rings is 2. The summed E-state index contributed by atoms with van der Waals surface area (Å²) < 4.78 is 34.0. The number of imidazole rings is 2. The molecule has 0 aliphatic carbocycles. The lowest BCUT2D eigenvalue weighted by atomic mass is 10.1. The van der Waals surface area contributed by atoms with E-state index >= 15 is 0 Å². The van der Waals surface area contributed by atoms with Gasteiger partial charge in [0.05, 0.1) is 78.4 Å². The number of rotatable bonds is 10. The fourth-order valence-corrected chi connectivity index (χ4v) is 7.13. The van der Waals surface area contributed by atoms with Crippen LogP contribution in [0.5, 0.6) is 23.0 Å². The predicted molar refractivity (Wildman–Crippen MR) is 208 cm³/mol. The summed E-state index contributed by atoms with van der Waals surface area (Å²) in [4.78, 5) is 47.1. The van der Waals surface area contributed by atoms with Gasteiger partial charge in [0.1, 0.15) is 29.3 Å². The maximum Gasteiger partial charge on any atom is 0.197 e. The lowest BCUT2D eigenvalue weighted by Gasteiger charge is -2.11. The molecule has 0 radical (unpaired) electrons. The van der Waals surface area contributed by atoms with Gasteiger partial charge in [0.25, 0.3) is 0 Å². The van der Waals surface area contributed by atoms with Gasteiger partial charge in [-0.15, -0.1) is 0 Å². The Bertz CT molecular complexity index is 2140. The zero-order chi connectivity index (χ0) is 38.4. The molecule has 0 fully saturated rings. The van der Waals surface area contributed by atoms with Crippen molar-refractivity contribution >= 4 is 50.9 Å². The summed E-state index contributed by atoms with van der Waals surface area (Å²) in [6.07, 6.45) is 4.34. The van der Waals surface area contributed by atoms with Crippen LogP contribution < -0.4 is 18.9 Å². The van der Waals surface area contributed by atoms with Crippen LogP contribution in [0, 0.1) is 37.6 Å². The molecule has 0 aliphatic rings. The molecule has 0 aliphatic heterocycles. The van der Waals surface area contributed by atoms with Crippen molar-refractivity contribution in [2.45, 2.75) is 56.4 Å². The average Bonchev–Trinajstić information content (AvgIpc) is 3.78. The van der Waals surface area contributed by atoms with Crippen LogP contribution in [0.2, 0.25) is 0 Å². The molecule has 0 spiro atoms. The van der Waals surface area contributed by atoms with E-state index in [9.17, 15) is 4.21 Å². The summed E-state index contributed by atoms with van der Waals surface area (Å²) in [6, 6.07) is 11.3. The minimum absolute atomic E-state index is 0. The first kappa shape index (κ1) is 43.8. The Labute approximate surface area is 313 Å². The number of H-pyrrole nitrogens is 2. The van der Waals surface area contributed by atoms with E-state index in [1.54, 1.807) is 46.4 Å². The Hall–Kier alpha value is -5.39. The van der Waals surface area contributed by atoms with E-state index in [2.05, 4.69) is 29.9 Å². The molecule has 4 heterocycles. The fraction of sp³-hybridized carbons (Fsp3) is 0.306. The summed E-state index contributed by atoms with van der Waals surface area (Å²) in [5, 5.41) is 1.30. The van der Waals surface area contributed by atoms with Crippen LogP contribution in [-0.4, -0.2) is 74.3 Å². The topological polar surface area (TPSA) is 220 Å².